The summed E-state index contributed by atoms with van der Waals surface area (Å²) in [4.78, 5) is 2.18. The maximum absolute atomic E-state index is 14.6. The van der Waals surface area contributed by atoms with Gasteiger partial charge < -0.3 is 10.6 Å². The number of piperidine rings is 1. The Bertz CT molecular complexity index is 502. The lowest BCUT2D eigenvalue weighted by Gasteiger charge is -2.38. The fraction of sp³-hybridized carbons (Fsp3) is 0.533. The van der Waals surface area contributed by atoms with E-state index in [1.165, 1.54) is 6.42 Å². The van der Waals surface area contributed by atoms with E-state index in [4.69, 9.17) is 11.1 Å². The zero-order valence-corrected chi connectivity index (χ0v) is 13.3. The van der Waals surface area contributed by atoms with E-state index in [0.717, 1.165) is 32.2 Å². The van der Waals surface area contributed by atoms with E-state index in [9.17, 15) is 4.39 Å². The van der Waals surface area contributed by atoms with Gasteiger partial charge in [-0.05, 0) is 53.7 Å². The number of anilines is 1. The van der Waals surface area contributed by atoms with Crippen molar-refractivity contribution in [3.63, 3.8) is 0 Å². The van der Waals surface area contributed by atoms with Crippen LogP contribution in [-0.2, 0) is 0 Å². The summed E-state index contributed by atoms with van der Waals surface area (Å²) in [6.45, 7) is 3.06. The van der Waals surface area contributed by atoms with Gasteiger partial charge in [-0.1, -0.05) is 13.3 Å². The molecule has 0 saturated carbocycles. The number of nitrogen functional groups attached to an aromatic ring is 1. The molecule has 20 heavy (non-hydrogen) atoms. The number of nitrogens with one attached hydrogen (secondary N) is 1. The van der Waals surface area contributed by atoms with Crippen molar-refractivity contribution in [1.29, 1.82) is 5.41 Å². The van der Waals surface area contributed by atoms with Gasteiger partial charge in [0.25, 0.3) is 0 Å². The van der Waals surface area contributed by atoms with Crippen LogP contribution in [0.1, 0.15) is 44.6 Å². The van der Waals surface area contributed by atoms with Gasteiger partial charge in [0.15, 0.2) is 5.82 Å². The summed E-state index contributed by atoms with van der Waals surface area (Å²) in [7, 11) is 0. The third-order valence-corrected chi connectivity index (χ3v) is 4.69. The molecule has 1 aliphatic rings. The molecule has 1 fully saturated rings. The molecule has 1 saturated heterocycles. The molecule has 0 amide bonds. The van der Waals surface area contributed by atoms with Gasteiger partial charge in [0.1, 0.15) is 5.84 Å². The van der Waals surface area contributed by atoms with Crippen LogP contribution in [0.2, 0.25) is 0 Å². The minimum Gasteiger partial charge on any atom is -0.384 e. The number of nitrogens with two attached hydrogens (primary N) is 1. The van der Waals surface area contributed by atoms with Crippen molar-refractivity contribution in [2.75, 3.05) is 11.4 Å². The molecule has 0 spiro atoms. The zero-order chi connectivity index (χ0) is 14.7. The van der Waals surface area contributed by atoms with E-state index in [-0.39, 0.29) is 11.7 Å². The topological polar surface area (TPSA) is 53.1 Å². The molecule has 3 nitrogen and oxygen atoms in total. The van der Waals surface area contributed by atoms with Crippen molar-refractivity contribution in [3.05, 3.63) is 28.0 Å². The predicted molar refractivity (Wildman–Crippen MR) is 85.0 cm³/mol. The molecule has 1 unspecified atom stereocenters. The minimum atomic E-state index is -0.305. The van der Waals surface area contributed by atoms with Crippen molar-refractivity contribution in [2.45, 2.75) is 45.1 Å². The molecule has 1 atom stereocenters. The maximum Gasteiger partial charge on any atom is 0.161 e. The van der Waals surface area contributed by atoms with Crippen molar-refractivity contribution in [2.24, 2.45) is 5.73 Å². The average molecular weight is 342 g/mol. The van der Waals surface area contributed by atoms with Gasteiger partial charge in [0.05, 0.1) is 10.2 Å². The SMILES string of the molecule is CCCC1CCCCN1c1ccc(C(=N)N)c(Br)c1F. The molecule has 0 radical (unpaired) electrons. The van der Waals surface area contributed by atoms with Gasteiger partial charge in [-0.2, -0.15) is 0 Å². The molecule has 0 bridgehead atoms. The summed E-state index contributed by atoms with van der Waals surface area (Å²) >= 11 is 3.23. The average Bonchev–Trinajstić information content (AvgIpc) is 2.43. The zero-order valence-electron chi connectivity index (χ0n) is 11.8. The molecule has 0 aliphatic carbocycles. The molecular formula is C15H21BrFN3. The molecule has 0 aromatic heterocycles. The van der Waals surface area contributed by atoms with E-state index in [1.807, 2.05) is 0 Å². The second kappa shape index (κ2) is 6.57. The van der Waals surface area contributed by atoms with Crippen LogP contribution in [0.5, 0.6) is 0 Å². The summed E-state index contributed by atoms with van der Waals surface area (Å²) < 4.78 is 14.9. The molecule has 1 heterocycles. The predicted octanol–water partition coefficient (Wildman–Crippen LogP) is 4.03. The number of benzene rings is 1. The first kappa shape index (κ1) is 15.3. The lowest BCUT2D eigenvalue weighted by Crippen LogP contribution is -2.40. The molecule has 3 N–H and O–H groups in total. The molecule has 1 aromatic carbocycles. The van der Waals surface area contributed by atoms with Crippen LogP contribution >= 0.6 is 15.9 Å². The molecule has 2 rings (SSSR count). The highest BCUT2D eigenvalue weighted by Gasteiger charge is 2.25. The smallest absolute Gasteiger partial charge is 0.161 e. The summed E-state index contributed by atoms with van der Waals surface area (Å²) in [5.74, 6) is -0.424. The van der Waals surface area contributed by atoms with Gasteiger partial charge in [-0.25, -0.2) is 4.39 Å². The Morgan fingerprint density at radius 3 is 2.90 bits per heavy atom. The number of hydrogen-bond acceptors (Lipinski definition) is 2. The van der Waals surface area contributed by atoms with E-state index in [1.54, 1.807) is 12.1 Å². The first-order chi connectivity index (χ1) is 9.56. The summed E-state index contributed by atoms with van der Waals surface area (Å²) in [5, 5.41) is 7.46. The first-order valence-corrected chi connectivity index (χ1v) is 7.94. The van der Waals surface area contributed by atoms with Gasteiger partial charge in [-0.3, -0.25) is 5.41 Å². The highest BCUT2D eigenvalue weighted by Crippen LogP contribution is 2.34. The van der Waals surface area contributed by atoms with Crippen LogP contribution in [0.4, 0.5) is 10.1 Å². The highest BCUT2D eigenvalue weighted by molar-refractivity contribution is 9.10. The summed E-state index contributed by atoms with van der Waals surface area (Å²) in [6, 6.07) is 3.89. The van der Waals surface area contributed by atoms with E-state index in [0.29, 0.717) is 21.8 Å². The monoisotopic (exact) mass is 341 g/mol. The molecule has 1 aromatic rings. The number of rotatable bonds is 4. The van der Waals surface area contributed by atoms with Gasteiger partial charge in [0, 0.05) is 18.2 Å². The van der Waals surface area contributed by atoms with E-state index < -0.39 is 0 Å². The number of halogens is 2. The van der Waals surface area contributed by atoms with Crippen molar-refractivity contribution < 1.29 is 4.39 Å². The Kier molecular flexibility index (Phi) is 5.02. The van der Waals surface area contributed by atoms with Gasteiger partial charge in [0.2, 0.25) is 0 Å². The number of amidine groups is 1. The van der Waals surface area contributed by atoms with Crippen LogP contribution < -0.4 is 10.6 Å². The van der Waals surface area contributed by atoms with E-state index in [2.05, 4.69) is 27.8 Å². The van der Waals surface area contributed by atoms with Crippen molar-refractivity contribution in [3.8, 4) is 0 Å². The Morgan fingerprint density at radius 1 is 1.50 bits per heavy atom. The Hall–Kier alpha value is -1.10. The molecular weight excluding hydrogens is 321 g/mol. The normalized spacial score (nSPS) is 19.1. The van der Waals surface area contributed by atoms with E-state index >= 15 is 0 Å². The second-order valence-corrected chi connectivity index (χ2v) is 6.10. The van der Waals surface area contributed by atoms with Crippen LogP contribution in [0.3, 0.4) is 0 Å². The Labute approximate surface area is 128 Å². The molecule has 1 aliphatic heterocycles. The first-order valence-electron chi connectivity index (χ1n) is 7.15. The largest absolute Gasteiger partial charge is 0.384 e. The fourth-order valence-corrected chi connectivity index (χ4v) is 3.47. The highest BCUT2D eigenvalue weighted by atomic mass is 79.9. The summed E-state index contributed by atoms with van der Waals surface area (Å²) in [5.41, 5.74) is 6.50. The van der Waals surface area contributed by atoms with Crippen LogP contribution in [-0.4, -0.2) is 18.4 Å². The summed E-state index contributed by atoms with van der Waals surface area (Å²) in [6.07, 6.45) is 5.64. The van der Waals surface area contributed by atoms with Crippen LogP contribution in [0, 0.1) is 11.2 Å². The third-order valence-electron chi connectivity index (χ3n) is 3.91. The second-order valence-electron chi connectivity index (χ2n) is 5.31. The third kappa shape index (κ3) is 2.97. The van der Waals surface area contributed by atoms with Crippen molar-refractivity contribution >= 4 is 27.5 Å². The Morgan fingerprint density at radius 2 is 2.25 bits per heavy atom. The van der Waals surface area contributed by atoms with Crippen LogP contribution in [0.15, 0.2) is 16.6 Å². The standard InChI is InChI=1S/C15H21BrFN3/c1-2-5-10-6-3-4-9-20(10)12-8-7-11(15(18)19)13(16)14(12)17/h7-8,10H,2-6,9H2,1H3,(H3,18,19). The van der Waals surface area contributed by atoms with Gasteiger partial charge in [-0.15, -0.1) is 0 Å². The molecule has 110 valence electrons. The van der Waals surface area contributed by atoms with Gasteiger partial charge >= 0.3 is 0 Å². The van der Waals surface area contributed by atoms with Crippen molar-refractivity contribution in [1.82, 2.24) is 0 Å². The minimum absolute atomic E-state index is 0.119. The Balaban J connectivity index is 2.36. The fourth-order valence-electron chi connectivity index (χ4n) is 2.92. The number of hydrogen-bond donors (Lipinski definition) is 2. The quantitative estimate of drug-likeness (QED) is 0.641. The lowest BCUT2D eigenvalue weighted by atomic mass is 9.97. The number of nitrogens with zero attached hydrogens (tertiary/aromatic N) is 1. The maximum atomic E-state index is 14.6. The molecule has 5 heteroatoms. The lowest BCUT2D eigenvalue weighted by molar-refractivity contribution is 0.428. The van der Waals surface area contributed by atoms with Crippen LogP contribution in [0.25, 0.3) is 0 Å².